The summed E-state index contributed by atoms with van der Waals surface area (Å²) in [5, 5.41) is 0. The Labute approximate surface area is 113 Å². The summed E-state index contributed by atoms with van der Waals surface area (Å²) in [6, 6.07) is 3.47. The highest BCUT2D eigenvalue weighted by atomic mass is 19.1. The number of nitrogens with two attached hydrogens (primary N) is 1. The molecule has 0 saturated heterocycles. The van der Waals surface area contributed by atoms with E-state index in [0.717, 1.165) is 31.7 Å². The molecule has 2 nitrogen and oxygen atoms in total. The van der Waals surface area contributed by atoms with Gasteiger partial charge in [-0.25, -0.2) is 8.78 Å². The molecule has 1 fully saturated rings. The topological polar surface area (TPSA) is 38.0 Å². The molecule has 4 heteroatoms. The van der Waals surface area contributed by atoms with Crippen LogP contribution in [0.15, 0.2) is 18.2 Å². The summed E-state index contributed by atoms with van der Waals surface area (Å²) in [6.45, 7) is 4.51. The molecule has 0 aromatic heterocycles. The van der Waals surface area contributed by atoms with Gasteiger partial charge in [0, 0.05) is 11.6 Å². The number of nitrogens with one attached hydrogen (secondary N) is 1. The van der Waals surface area contributed by atoms with Crippen molar-refractivity contribution in [3.8, 4) is 0 Å². The van der Waals surface area contributed by atoms with Gasteiger partial charge in [-0.3, -0.25) is 11.3 Å². The van der Waals surface area contributed by atoms with E-state index in [4.69, 9.17) is 5.84 Å². The Hall–Kier alpha value is -1.00. The summed E-state index contributed by atoms with van der Waals surface area (Å²) < 4.78 is 26.8. The molecule has 1 aromatic rings. The standard InChI is InChI=1S/C15H22F2N2/c1-15(2)7-5-10(6-8-15)14(19-18)12-4-3-11(16)9-13(12)17/h3-4,9-10,14,19H,5-8,18H2,1-2H3. The van der Waals surface area contributed by atoms with E-state index in [9.17, 15) is 8.78 Å². The van der Waals surface area contributed by atoms with E-state index in [0.29, 0.717) is 16.9 Å². The second-order valence-electron chi connectivity index (χ2n) is 6.31. The molecule has 0 bridgehead atoms. The molecule has 1 aliphatic carbocycles. The molecule has 106 valence electrons. The zero-order valence-electron chi connectivity index (χ0n) is 11.5. The first-order valence-electron chi connectivity index (χ1n) is 6.84. The maximum atomic E-state index is 13.9. The van der Waals surface area contributed by atoms with Crippen molar-refractivity contribution in [2.75, 3.05) is 0 Å². The van der Waals surface area contributed by atoms with Crippen LogP contribution in [0.25, 0.3) is 0 Å². The number of hydrogen-bond donors (Lipinski definition) is 2. The Morgan fingerprint density at radius 2 is 1.89 bits per heavy atom. The van der Waals surface area contributed by atoms with E-state index in [1.165, 1.54) is 12.1 Å². The molecule has 1 aliphatic rings. The van der Waals surface area contributed by atoms with Crippen LogP contribution in [-0.4, -0.2) is 0 Å². The second kappa shape index (κ2) is 5.55. The Kier molecular flexibility index (Phi) is 4.21. The fourth-order valence-corrected chi connectivity index (χ4v) is 2.99. The molecule has 0 heterocycles. The number of halogens is 2. The van der Waals surface area contributed by atoms with Gasteiger partial charge >= 0.3 is 0 Å². The smallest absolute Gasteiger partial charge is 0.130 e. The Bertz CT molecular complexity index is 436. The highest BCUT2D eigenvalue weighted by molar-refractivity contribution is 5.23. The minimum absolute atomic E-state index is 0.239. The minimum Gasteiger partial charge on any atom is -0.271 e. The second-order valence-corrected chi connectivity index (χ2v) is 6.31. The SMILES string of the molecule is CC1(C)CCC(C(NN)c2ccc(F)cc2F)CC1. The van der Waals surface area contributed by atoms with Crippen molar-refractivity contribution in [1.82, 2.24) is 5.43 Å². The summed E-state index contributed by atoms with van der Waals surface area (Å²) in [5.74, 6) is 4.83. The average molecular weight is 268 g/mol. The van der Waals surface area contributed by atoms with Crippen LogP contribution in [0.3, 0.4) is 0 Å². The van der Waals surface area contributed by atoms with Gasteiger partial charge < -0.3 is 0 Å². The highest BCUT2D eigenvalue weighted by Gasteiger charge is 2.32. The summed E-state index contributed by atoms with van der Waals surface area (Å²) in [5.41, 5.74) is 3.54. The monoisotopic (exact) mass is 268 g/mol. The van der Waals surface area contributed by atoms with Gasteiger partial charge in [0.2, 0.25) is 0 Å². The lowest BCUT2D eigenvalue weighted by atomic mass is 9.70. The van der Waals surface area contributed by atoms with Crippen LogP contribution >= 0.6 is 0 Å². The van der Waals surface area contributed by atoms with E-state index >= 15 is 0 Å². The normalized spacial score (nSPS) is 21.3. The number of rotatable bonds is 3. The molecular weight excluding hydrogens is 246 g/mol. The molecule has 1 saturated carbocycles. The van der Waals surface area contributed by atoms with Gasteiger partial charge in [-0.2, -0.15) is 0 Å². The van der Waals surface area contributed by atoms with Gasteiger partial charge in [-0.1, -0.05) is 19.9 Å². The van der Waals surface area contributed by atoms with Crippen LogP contribution in [0.5, 0.6) is 0 Å². The van der Waals surface area contributed by atoms with E-state index in [1.54, 1.807) is 0 Å². The summed E-state index contributed by atoms with van der Waals surface area (Å²) >= 11 is 0. The van der Waals surface area contributed by atoms with Crippen molar-refractivity contribution in [1.29, 1.82) is 0 Å². The molecule has 2 rings (SSSR count). The summed E-state index contributed by atoms with van der Waals surface area (Å²) in [7, 11) is 0. The molecule has 1 unspecified atom stereocenters. The molecular formula is C15H22F2N2. The predicted molar refractivity (Wildman–Crippen MR) is 72.2 cm³/mol. The molecule has 0 spiro atoms. The van der Waals surface area contributed by atoms with Gasteiger partial charge in [0.05, 0.1) is 6.04 Å². The van der Waals surface area contributed by atoms with E-state index in [2.05, 4.69) is 19.3 Å². The third-order valence-electron chi connectivity index (χ3n) is 4.33. The molecule has 19 heavy (non-hydrogen) atoms. The first kappa shape index (κ1) is 14.4. The van der Waals surface area contributed by atoms with Gasteiger partial charge in [0.1, 0.15) is 11.6 Å². The summed E-state index contributed by atoms with van der Waals surface area (Å²) in [4.78, 5) is 0. The van der Waals surface area contributed by atoms with Crippen molar-refractivity contribution in [2.45, 2.75) is 45.6 Å². The average Bonchev–Trinajstić information content (AvgIpc) is 2.34. The minimum atomic E-state index is -0.554. The van der Waals surface area contributed by atoms with E-state index in [1.807, 2.05) is 0 Å². The highest BCUT2D eigenvalue weighted by Crippen LogP contribution is 2.42. The fourth-order valence-electron chi connectivity index (χ4n) is 2.99. The van der Waals surface area contributed by atoms with Gasteiger partial charge in [0.15, 0.2) is 0 Å². The van der Waals surface area contributed by atoms with Crippen molar-refractivity contribution in [3.05, 3.63) is 35.4 Å². The molecule has 1 atom stereocenters. The van der Waals surface area contributed by atoms with Crippen LogP contribution in [0.2, 0.25) is 0 Å². The van der Waals surface area contributed by atoms with E-state index < -0.39 is 11.6 Å². The maximum Gasteiger partial charge on any atom is 0.130 e. The maximum absolute atomic E-state index is 13.9. The van der Waals surface area contributed by atoms with Gasteiger partial charge in [-0.15, -0.1) is 0 Å². The fraction of sp³-hybridized carbons (Fsp3) is 0.600. The molecule has 0 aliphatic heterocycles. The van der Waals surface area contributed by atoms with Crippen molar-refractivity contribution in [2.24, 2.45) is 17.2 Å². The molecule has 0 amide bonds. The first-order chi connectivity index (χ1) is 8.93. The van der Waals surface area contributed by atoms with Gasteiger partial charge in [-0.05, 0) is 43.1 Å². The number of hydrogen-bond acceptors (Lipinski definition) is 2. The van der Waals surface area contributed by atoms with Gasteiger partial charge in [0.25, 0.3) is 0 Å². The third kappa shape index (κ3) is 3.31. The molecule has 3 N–H and O–H groups in total. The lowest BCUT2D eigenvalue weighted by Gasteiger charge is -2.38. The van der Waals surface area contributed by atoms with E-state index in [-0.39, 0.29) is 6.04 Å². The third-order valence-corrected chi connectivity index (χ3v) is 4.33. The lowest BCUT2D eigenvalue weighted by Crippen LogP contribution is -2.37. The lowest BCUT2D eigenvalue weighted by molar-refractivity contribution is 0.160. The first-order valence-corrected chi connectivity index (χ1v) is 6.84. The zero-order valence-corrected chi connectivity index (χ0v) is 11.5. The van der Waals surface area contributed by atoms with Crippen molar-refractivity contribution in [3.63, 3.8) is 0 Å². The number of benzene rings is 1. The van der Waals surface area contributed by atoms with Crippen LogP contribution in [0, 0.1) is 23.0 Å². The zero-order chi connectivity index (χ0) is 14.0. The van der Waals surface area contributed by atoms with Crippen LogP contribution in [0.4, 0.5) is 8.78 Å². The molecule has 1 aromatic carbocycles. The van der Waals surface area contributed by atoms with Crippen molar-refractivity contribution < 1.29 is 8.78 Å². The van der Waals surface area contributed by atoms with Crippen molar-refractivity contribution >= 4 is 0 Å². The van der Waals surface area contributed by atoms with Crippen LogP contribution in [-0.2, 0) is 0 Å². The quantitative estimate of drug-likeness (QED) is 0.648. The Morgan fingerprint density at radius 3 is 2.42 bits per heavy atom. The molecule has 0 radical (unpaired) electrons. The predicted octanol–water partition coefficient (Wildman–Crippen LogP) is 3.69. The Morgan fingerprint density at radius 1 is 1.26 bits per heavy atom. The largest absolute Gasteiger partial charge is 0.271 e. The van der Waals surface area contributed by atoms with Crippen LogP contribution in [0.1, 0.15) is 51.1 Å². The van der Waals surface area contributed by atoms with Crippen LogP contribution < -0.4 is 11.3 Å². The summed E-state index contributed by atoms with van der Waals surface area (Å²) in [6.07, 6.45) is 4.24. The number of hydrazine groups is 1. The Balaban J connectivity index is 2.16.